The second-order valence-electron chi connectivity index (χ2n) is 7.05. The van der Waals surface area contributed by atoms with E-state index in [4.69, 9.17) is 11.6 Å². The number of allylic oxidation sites excluding steroid dienone is 2. The van der Waals surface area contributed by atoms with Crippen molar-refractivity contribution in [3.8, 4) is 0 Å². The molecule has 1 fully saturated rings. The number of likely N-dealkylation sites (tertiary alicyclic amines) is 1. The fraction of sp³-hybridized carbons (Fsp3) is 0.238. The average molecular weight is 431 g/mol. The third-order valence-corrected chi connectivity index (χ3v) is 6.73. The number of nitrogens with one attached hydrogen (secondary N) is 1. The Morgan fingerprint density at radius 2 is 1.52 bits per heavy atom. The molecule has 8 heteroatoms. The Kier molecular flexibility index (Phi) is 5.19. The van der Waals surface area contributed by atoms with Gasteiger partial charge in [0.25, 0.3) is 10.0 Å². The van der Waals surface area contributed by atoms with Crippen molar-refractivity contribution in [1.29, 1.82) is 0 Å². The molecule has 2 aromatic carbocycles. The zero-order valence-corrected chi connectivity index (χ0v) is 17.1. The molecule has 150 valence electrons. The van der Waals surface area contributed by atoms with E-state index >= 15 is 0 Å². The number of sulfonamides is 1. The molecule has 2 aliphatic rings. The van der Waals surface area contributed by atoms with Crippen LogP contribution in [0.4, 0.5) is 5.69 Å². The quantitative estimate of drug-likeness (QED) is 0.796. The second kappa shape index (κ2) is 7.65. The van der Waals surface area contributed by atoms with Gasteiger partial charge in [-0.15, -0.1) is 0 Å². The number of hydrogen-bond acceptors (Lipinski definition) is 5. The molecule has 1 aliphatic heterocycles. The highest BCUT2D eigenvalue weighted by Gasteiger charge is 2.41. The Morgan fingerprint density at radius 3 is 2.17 bits per heavy atom. The summed E-state index contributed by atoms with van der Waals surface area (Å²) in [5.74, 6) is -1.11. The largest absolute Gasteiger partial charge is 0.367 e. The SMILES string of the molecule is O=C1C(N2CCCCC2)=C(S(=O)(=O)Nc2cccc(Cl)c2)C(=O)c2ccccc21. The van der Waals surface area contributed by atoms with Gasteiger partial charge in [-0.25, -0.2) is 8.42 Å². The first-order valence-corrected chi connectivity index (χ1v) is 11.2. The van der Waals surface area contributed by atoms with E-state index in [1.807, 2.05) is 0 Å². The first-order chi connectivity index (χ1) is 13.9. The van der Waals surface area contributed by atoms with Gasteiger partial charge in [-0.05, 0) is 37.5 Å². The van der Waals surface area contributed by atoms with Crippen LogP contribution < -0.4 is 4.72 Å². The Labute approximate surface area is 174 Å². The molecule has 0 aromatic heterocycles. The fourth-order valence-electron chi connectivity index (χ4n) is 3.75. The first-order valence-electron chi connectivity index (χ1n) is 9.34. The number of fused-ring (bicyclic) bond motifs is 1. The molecule has 1 saturated heterocycles. The smallest absolute Gasteiger partial charge is 0.268 e. The van der Waals surface area contributed by atoms with Gasteiger partial charge in [0, 0.05) is 29.2 Å². The van der Waals surface area contributed by atoms with Gasteiger partial charge in [0.1, 0.15) is 5.70 Å². The molecular formula is C21H19ClN2O4S. The van der Waals surface area contributed by atoms with E-state index < -0.39 is 26.5 Å². The number of ketones is 2. The summed E-state index contributed by atoms with van der Waals surface area (Å²) >= 11 is 5.95. The number of nitrogens with zero attached hydrogens (tertiary/aromatic N) is 1. The molecule has 1 N–H and O–H groups in total. The molecular weight excluding hydrogens is 412 g/mol. The lowest BCUT2D eigenvalue weighted by Crippen LogP contribution is -2.40. The molecule has 0 amide bonds. The second-order valence-corrected chi connectivity index (χ2v) is 9.10. The zero-order valence-electron chi connectivity index (χ0n) is 15.5. The predicted molar refractivity (Wildman–Crippen MR) is 112 cm³/mol. The van der Waals surface area contributed by atoms with E-state index in [1.165, 1.54) is 18.2 Å². The van der Waals surface area contributed by atoms with Crippen LogP contribution in [0, 0.1) is 0 Å². The highest BCUT2D eigenvalue weighted by Crippen LogP contribution is 2.33. The molecule has 1 aliphatic carbocycles. The van der Waals surface area contributed by atoms with E-state index in [2.05, 4.69) is 4.72 Å². The van der Waals surface area contributed by atoms with E-state index in [1.54, 1.807) is 35.2 Å². The van der Waals surface area contributed by atoms with Gasteiger partial charge >= 0.3 is 0 Å². The lowest BCUT2D eigenvalue weighted by molar-refractivity contribution is 0.0939. The monoisotopic (exact) mass is 430 g/mol. The fourth-order valence-corrected chi connectivity index (χ4v) is 5.31. The van der Waals surface area contributed by atoms with Crippen LogP contribution in [0.2, 0.25) is 5.02 Å². The van der Waals surface area contributed by atoms with Gasteiger partial charge < -0.3 is 4.90 Å². The number of benzene rings is 2. The minimum absolute atomic E-state index is 0.0390. The number of halogens is 1. The molecule has 2 aromatic rings. The maximum absolute atomic E-state index is 13.3. The summed E-state index contributed by atoms with van der Waals surface area (Å²) in [5, 5.41) is 0.354. The Morgan fingerprint density at radius 1 is 0.862 bits per heavy atom. The molecule has 0 saturated carbocycles. The zero-order chi connectivity index (χ0) is 20.6. The normalized spacial score (nSPS) is 17.3. The molecule has 6 nitrogen and oxygen atoms in total. The van der Waals surface area contributed by atoms with Gasteiger partial charge in [0.2, 0.25) is 11.6 Å². The minimum Gasteiger partial charge on any atom is -0.367 e. The summed E-state index contributed by atoms with van der Waals surface area (Å²) < 4.78 is 29.0. The summed E-state index contributed by atoms with van der Waals surface area (Å²) in [4.78, 5) is 27.7. The number of carbonyl (C=O) groups excluding carboxylic acids is 2. The highest BCUT2D eigenvalue weighted by atomic mass is 35.5. The van der Waals surface area contributed by atoms with Crippen LogP contribution in [0.3, 0.4) is 0 Å². The van der Waals surface area contributed by atoms with Crippen molar-refractivity contribution in [3.05, 3.63) is 75.3 Å². The van der Waals surface area contributed by atoms with Gasteiger partial charge in [0.05, 0.1) is 5.69 Å². The Balaban J connectivity index is 1.87. The van der Waals surface area contributed by atoms with E-state index in [9.17, 15) is 18.0 Å². The van der Waals surface area contributed by atoms with E-state index in [0.29, 0.717) is 18.1 Å². The van der Waals surface area contributed by atoms with Crippen LogP contribution in [0.1, 0.15) is 40.0 Å². The van der Waals surface area contributed by atoms with Crippen molar-refractivity contribution in [1.82, 2.24) is 4.90 Å². The highest BCUT2D eigenvalue weighted by molar-refractivity contribution is 7.97. The van der Waals surface area contributed by atoms with Crippen molar-refractivity contribution in [2.24, 2.45) is 0 Å². The molecule has 0 atom stereocenters. The topological polar surface area (TPSA) is 83.6 Å². The lowest BCUT2D eigenvalue weighted by atomic mass is 9.91. The molecule has 4 rings (SSSR count). The number of Topliss-reactive ketones (excluding diaryl/α,β-unsaturated/α-hetero) is 2. The van der Waals surface area contributed by atoms with Crippen molar-refractivity contribution in [2.75, 3.05) is 17.8 Å². The number of carbonyl (C=O) groups is 2. The average Bonchev–Trinajstić information content (AvgIpc) is 2.70. The standard InChI is InChI=1S/C21H19ClN2O4S/c22-14-7-6-8-15(13-14)23-29(27,28)21-18(24-11-4-1-5-12-24)19(25)16-9-2-3-10-17(16)20(21)26/h2-3,6-10,13,23H,1,4-5,11-12H2. The molecule has 0 bridgehead atoms. The van der Waals surface area contributed by atoms with Crippen LogP contribution >= 0.6 is 11.6 Å². The van der Waals surface area contributed by atoms with Crippen LogP contribution in [0.15, 0.2) is 59.1 Å². The van der Waals surface area contributed by atoms with Crippen molar-refractivity contribution in [3.63, 3.8) is 0 Å². The maximum atomic E-state index is 13.3. The van der Waals surface area contributed by atoms with Crippen LogP contribution in [-0.4, -0.2) is 38.0 Å². The molecule has 0 radical (unpaired) electrons. The Bertz CT molecular complexity index is 1130. The molecule has 0 unspecified atom stereocenters. The number of rotatable bonds is 4. The van der Waals surface area contributed by atoms with Gasteiger partial charge in [-0.1, -0.05) is 41.9 Å². The first kappa shape index (κ1) is 19.7. The Hall–Kier alpha value is -2.64. The van der Waals surface area contributed by atoms with Crippen molar-refractivity contribution < 1.29 is 18.0 Å². The lowest BCUT2D eigenvalue weighted by Gasteiger charge is -2.33. The molecule has 1 heterocycles. The predicted octanol–water partition coefficient (Wildman–Crippen LogP) is 3.86. The third kappa shape index (κ3) is 3.68. The number of hydrogen-bond donors (Lipinski definition) is 1. The van der Waals surface area contributed by atoms with Crippen LogP contribution in [0.25, 0.3) is 0 Å². The summed E-state index contributed by atoms with van der Waals surface area (Å²) in [6.45, 7) is 1.07. The van der Waals surface area contributed by atoms with Gasteiger partial charge in [0.15, 0.2) is 4.91 Å². The van der Waals surface area contributed by atoms with E-state index in [-0.39, 0.29) is 22.5 Å². The van der Waals surface area contributed by atoms with Gasteiger partial charge in [-0.3, -0.25) is 14.3 Å². The van der Waals surface area contributed by atoms with Gasteiger partial charge in [-0.2, -0.15) is 0 Å². The summed E-state index contributed by atoms with van der Waals surface area (Å²) in [6, 6.07) is 12.5. The van der Waals surface area contributed by atoms with Crippen molar-refractivity contribution in [2.45, 2.75) is 19.3 Å². The molecule has 29 heavy (non-hydrogen) atoms. The maximum Gasteiger partial charge on any atom is 0.268 e. The summed E-state index contributed by atoms with van der Waals surface area (Å²) in [7, 11) is -4.32. The minimum atomic E-state index is -4.32. The number of anilines is 1. The van der Waals surface area contributed by atoms with Crippen molar-refractivity contribution >= 4 is 38.9 Å². The number of piperidine rings is 1. The van der Waals surface area contributed by atoms with E-state index in [0.717, 1.165) is 19.3 Å². The summed E-state index contributed by atoms with van der Waals surface area (Å²) in [6.07, 6.45) is 2.68. The van der Waals surface area contributed by atoms with Crippen LogP contribution in [0.5, 0.6) is 0 Å². The van der Waals surface area contributed by atoms with Crippen LogP contribution in [-0.2, 0) is 10.0 Å². The third-order valence-electron chi connectivity index (χ3n) is 5.07. The molecule has 0 spiro atoms. The summed E-state index contributed by atoms with van der Waals surface area (Å²) in [5.41, 5.74) is 0.523.